The maximum atomic E-state index is 6.23. The van der Waals surface area contributed by atoms with Gasteiger partial charge >= 0.3 is 6.92 Å². The summed E-state index contributed by atoms with van der Waals surface area (Å²) in [5.74, 6) is 1.44. The number of hydrogen-bond acceptors (Lipinski definition) is 2. The predicted molar refractivity (Wildman–Crippen MR) is 99.2 cm³/mol. The lowest BCUT2D eigenvalue weighted by Crippen LogP contribution is -2.32. The summed E-state index contributed by atoms with van der Waals surface area (Å²) in [4.78, 5) is 0. The standard InChI is InChI=1S/C20H30BNO/c1-17(18-11-5-2-6-12-18)22-23-21(19-13-7-3-8-14-19)20-15-9-4-10-16-20/h2,5-6,11-12,19-20H,3-4,7-10,13-16H2,1H3/b22-17+. The third kappa shape index (κ3) is 4.62. The molecule has 1 aromatic carbocycles. The summed E-state index contributed by atoms with van der Waals surface area (Å²) < 4.78 is 6.23. The van der Waals surface area contributed by atoms with E-state index in [1.54, 1.807) is 0 Å². The van der Waals surface area contributed by atoms with Crippen molar-refractivity contribution in [2.45, 2.75) is 82.8 Å². The van der Waals surface area contributed by atoms with Crippen LogP contribution in [0.25, 0.3) is 0 Å². The molecular formula is C20H30BNO. The minimum atomic E-state index is 0.342. The lowest BCUT2D eigenvalue weighted by molar-refractivity contribution is 0.298. The molecule has 0 heterocycles. The first-order valence-electron chi connectivity index (χ1n) is 9.60. The van der Waals surface area contributed by atoms with Crippen LogP contribution in [0.2, 0.25) is 11.6 Å². The van der Waals surface area contributed by atoms with Crippen LogP contribution in [0.3, 0.4) is 0 Å². The van der Waals surface area contributed by atoms with Crippen LogP contribution in [-0.2, 0) is 4.76 Å². The van der Waals surface area contributed by atoms with Gasteiger partial charge in [0.15, 0.2) is 0 Å². The van der Waals surface area contributed by atoms with Crippen molar-refractivity contribution >= 4 is 12.6 Å². The van der Waals surface area contributed by atoms with Gasteiger partial charge in [-0.3, -0.25) is 0 Å². The summed E-state index contributed by atoms with van der Waals surface area (Å²) in [6, 6.07) is 10.4. The Bertz CT molecular complexity index is 472. The van der Waals surface area contributed by atoms with Crippen molar-refractivity contribution in [3.63, 3.8) is 0 Å². The third-order valence-corrected chi connectivity index (χ3v) is 5.73. The minimum absolute atomic E-state index is 0.342. The van der Waals surface area contributed by atoms with Crippen molar-refractivity contribution in [3.05, 3.63) is 35.9 Å². The quantitative estimate of drug-likeness (QED) is 0.366. The van der Waals surface area contributed by atoms with Gasteiger partial charge in [0.05, 0.1) is 5.71 Å². The Morgan fingerprint density at radius 3 is 1.91 bits per heavy atom. The van der Waals surface area contributed by atoms with Crippen LogP contribution in [0.4, 0.5) is 0 Å². The monoisotopic (exact) mass is 311 g/mol. The molecule has 3 heteroatoms. The first-order chi connectivity index (χ1) is 11.3. The highest BCUT2D eigenvalue weighted by molar-refractivity contribution is 6.55. The van der Waals surface area contributed by atoms with Gasteiger partial charge in [0, 0.05) is 0 Å². The summed E-state index contributed by atoms with van der Waals surface area (Å²) in [6.07, 6.45) is 13.6. The average molecular weight is 311 g/mol. The van der Waals surface area contributed by atoms with Crippen LogP contribution in [0.15, 0.2) is 35.5 Å². The molecule has 2 nitrogen and oxygen atoms in total. The molecule has 0 saturated heterocycles. The van der Waals surface area contributed by atoms with Crippen molar-refractivity contribution < 1.29 is 4.76 Å². The summed E-state index contributed by atoms with van der Waals surface area (Å²) in [7, 11) is 0. The van der Waals surface area contributed by atoms with E-state index in [-0.39, 0.29) is 0 Å². The van der Waals surface area contributed by atoms with Crippen molar-refractivity contribution in [3.8, 4) is 0 Å². The van der Waals surface area contributed by atoms with E-state index in [0.29, 0.717) is 6.92 Å². The Morgan fingerprint density at radius 1 is 0.870 bits per heavy atom. The molecule has 2 aliphatic carbocycles. The summed E-state index contributed by atoms with van der Waals surface area (Å²) >= 11 is 0. The van der Waals surface area contributed by atoms with Gasteiger partial charge in [-0.2, -0.15) is 0 Å². The van der Waals surface area contributed by atoms with E-state index in [1.807, 2.05) is 6.07 Å². The van der Waals surface area contributed by atoms with Crippen molar-refractivity contribution in [1.82, 2.24) is 0 Å². The van der Waals surface area contributed by atoms with Crippen LogP contribution < -0.4 is 0 Å². The van der Waals surface area contributed by atoms with Crippen LogP contribution >= 0.6 is 0 Å². The Kier molecular flexibility index (Phi) is 6.18. The number of nitrogens with zero attached hydrogens (tertiary/aromatic N) is 1. The summed E-state index contributed by atoms with van der Waals surface area (Å²) in [5, 5.41) is 4.56. The van der Waals surface area contributed by atoms with E-state index in [0.717, 1.165) is 17.3 Å². The van der Waals surface area contributed by atoms with Gasteiger partial charge in [0.25, 0.3) is 0 Å². The molecule has 0 amide bonds. The van der Waals surface area contributed by atoms with Crippen LogP contribution in [-0.4, -0.2) is 12.6 Å². The zero-order valence-corrected chi connectivity index (χ0v) is 14.5. The van der Waals surface area contributed by atoms with Gasteiger partial charge in [-0.25, -0.2) is 0 Å². The topological polar surface area (TPSA) is 21.6 Å². The van der Waals surface area contributed by atoms with Gasteiger partial charge < -0.3 is 4.76 Å². The van der Waals surface area contributed by atoms with E-state index in [4.69, 9.17) is 4.76 Å². The van der Waals surface area contributed by atoms with Crippen molar-refractivity contribution in [2.75, 3.05) is 0 Å². The molecule has 0 atom stereocenters. The van der Waals surface area contributed by atoms with E-state index < -0.39 is 0 Å². The van der Waals surface area contributed by atoms with E-state index in [1.165, 1.54) is 69.8 Å². The second-order valence-electron chi connectivity index (χ2n) is 7.41. The predicted octanol–water partition coefficient (Wildman–Crippen LogP) is 6.09. The first-order valence-corrected chi connectivity index (χ1v) is 9.60. The zero-order valence-electron chi connectivity index (χ0n) is 14.5. The molecule has 0 bridgehead atoms. The van der Waals surface area contributed by atoms with Crippen LogP contribution in [0.1, 0.15) is 76.7 Å². The Morgan fingerprint density at radius 2 is 1.39 bits per heavy atom. The molecule has 2 fully saturated rings. The Hall–Kier alpha value is -1.25. The fourth-order valence-corrected chi connectivity index (χ4v) is 4.35. The number of oxime groups is 1. The lowest BCUT2D eigenvalue weighted by Gasteiger charge is -2.32. The minimum Gasteiger partial charge on any atom is -0.469 e. The number of benzene rings is 1. The van der Waals surface area contributed by atoms with Gasteiger partial charge in [0.1, 0.15) is 0 Å². The molecule has 124 valence electrons. The molecule has 0 spiro atoms. The van der Waals surface area contributed by atoms with E-state index >= 15 is 0 Å². The molecular weight excluding hydrogens is 281 g/mol. The summed E-state index contributed by atoms with van der Waals surface area (Å²) in [5.41, 5.74) is 2.17. The molecule has 2 saturated carbocycles. The smallest absolute Gasteiger partial charge is 0.400 e. The van der Waals surface area contributed by atoms with Crippen LogP contribution in [0.5, 0.6) is 0 Å². The second-order valence-corrected chi connectivity index (χ2v) is 7.41. The lowest BCUT2D eigenvalue weighted by atomic mass is 9.42. The molecule has 1 aromatic rings. The van der Waals surface area contributed by atoms with E-state index in [2.05, 4.69) is 36.3 Å². The third-order valence-electron chi connectivity index (χ3n) is 5.73. The van der Waals surface area contributed by atoms with Crippen molar-refractivity contribution in [2.24, 2.45) is 5.16 Å². The molecule has 0 aromatic heterocycles. The molecule has 23 heavy (non-hydrogen) atoms. The molecule has 0 radical (unpaired) electrons. The largest absolute Gasteiger partial charge is 0.469 e. The normalized spacial score (nSPS) is 21.2. The SMILES string of the molecule is C/C(=N\OB(C1CCCCC1)C1CCCCC1)c1ccccc1. The maximum Gasteiger partial charge on any atom is 0.400 e. The zero-order chi connectivity index (χ0) is 15.9. The molecule has 2 aliphatic rings. The molecule has 3 rings (SSSR count). The highest BCUT2D eigenvalue weighted by Crippen LogP contribution is 2.41. The average Bonchev–Trinajstić information content (AvgIpc) is 2.64. The number of hydrogen-bond donors (Lipinski definition) is 0. The van der Waals surface area contributed by atoms with E-state index in [9.17, 15) is 0 Å². The van der Waals surface area contributed by atoms with Crippen molar-refractivity contribution in [1.29, 1.82) is 0 Å². The fraction of sp³-hybridized carbons (Fsp3) is 0.650. The van der Waals surface area contributed by atoms with Crippen LogP contribution in [0, 0.1) is 0 Å². The van der Waals surface area contributed by atoms with Gasteiger partial charge in [-0.15, -0.1) is 5.16 Å². The highest BCUT2D eigenvalue weighted by atomic mass is 16.6. The van der Waals surface area contributed by atoms with Gasteiger partial charge in [-0.1, -0.05) is 94.5 Å². The highest BCUT2D eigenvalue weighted by Gasteiger charge is 2.38. The molecule has 0 unspecified atom stereocenters. The van der Waals surface area contributed by atoms with Gasteiger partial charge in [-0.05, 0) is 24.1 Å². The van der Waals surface area contributed by atoms with Gasteiger partial charge in [0.2, 0.25) is 0 Å². The number of rotatable bonds is 5. The fourth-order valence-electron chi connectivity index (χ4n) is 4.35. The Labute approximate surface area is 141 Å². The maximum absolute atomic E-state index is 6.23. The molecule has 0 aliphatic heterocycles. The first kappa shape index (κ1) is 16.6. The Balaban J connectivity index is 1.69. The molecule has 0 N–H and O–H groups in total. The second kappa shape index (κ2) is 8.56. The summed E-state index contributed by atoms with van der Waals surface area (Å²) in [6.45, 7) is 2.41.